The van der Waals surface area contributed by atoms with Gasteiger partial charge < -0.3 is 19.3 Å². The highest BCUT2D eigenvalue weighted by atomic mass is 16.7. The molecule has 96 valence electrons. The van der Waals surface area contributed by atoms with Gasteiger partial charge in [-0.2, -0.15) is 0 Å². The molecule has 0 aromatic heterocycles. The Bertz CT molecular complexity index is 321. The first kappa shape index (κ1) is 13.9. The molecule has 0 radical (unpaired) electrons. The zero-order valence-corrected chi connectivity index (χ0v) is 10.1. The predicted octanol–water partition coefficient (Wildman–Crippen LogP) is 0.784. The van der Waals surface area contributed by atoms with E-state index in [9.17, 15) is 9.90 Å². The fourth-order valence-electron chi connectivity index (χ4n) is 1.44. The molecule has 1 unspecified atom stereocenters. The summed E-state index contributed by atoms with van der Waals surface area (Å²) in [6.45, 7) is 10.7. The molecule has 0 aromatic rings. The van der Waals surface area contributed by atoms with Crippen molar-refractivity contribution in [1.29, 1.82) is 0 Å². The summed E-state index contributed by atoms with van der Waals surface area (Å²) in [5.74, 6) is -1.26. The smallest absolute Gasteiger partial charge is 0.330 e. The van der Waals surface area contributed by atoms with Crippen molar-refractivity contribution >= 4 is 5.97 Å². The van der Waals surface area contributed by atoms with Crippen LogP contribution in [-0.4, -0.2) is 42.3 Å². The van der Waals surface area contributed by atoms with Gasteiger partial charge in [-0.3, -0.25) is 0 Å². The standard InChI is InChI=1S/C12H18O5/c1-5-10(13)15-6-8(2)11(14)9-7-16-12(3,4)17-9/h5,9,11,14H,1-2,6-7H2,3-4H3/t9-,11?/m1/s1. The average molecular weight is 242 g/mol. The average Bonchev–Trinajstić information content (AvgIpc) is 2.64. The molecule has 0 saturated carbocycles. The predicted molar refractivity (Wildman–Crippen MR) is 61.2 cm³/mol. The molecule has 1 N–H and O–H groups in total. The van der Waals surface area contributed by atoms with E-state index >= 15 is 0 Å². The summed E-state index contributed by atoms with van der Waals surface area (Å²) >= 11 is 0. The molecule has 0 amide bonds. The number of aliphatic hydroxyl groups is 1. The van der Waals surface area contributed by atoms with Crippen molar-refractivity contribution in [1.82, 2.24) is 0 Å². The summed E-state index contributed by atoms with van der Waals surface area (Å²) in [6, 6.07) is 0. The molecule has 1 heterocycles. The first-order valence-corrected chi connectivity index (χ1v) is 5.32. The monoisotopic (exact) mass is 242 g/mol. The fourth-order valence-corrected chi connectivity index (χ4v) is 1.44. The lowest BCUT2D eigenvalue weighted by Gasteiger charge is -2.21. The summed E-state index contributed by atoms with van der Waals surface area (Å²) in [7, 11) is 0. The molecule has 0 bridgehead atoms. The number of hydrogen-bond acceptors (Lipinski definition) is 5. The summed E-state index contributed by atoms with van der Waals surface area (Å²) in [4.78, 5) is 10.8. The molecule has 1 aliphatic heterocycles. The van der Waals surface area contributed by atoms with Gasteiger partial charge in [0.05, 0.1) is 6.61 Å². The number of aliphatic hydroxyl groups excluding tert-OH is 1. The zero-order valence-electron chi connectivity index (χ0n) is 10.1. The van der Waals surface area contributed by atoms with Gasteiger partial charge in [-0.25, -0.2) is 4.79 Å². The summed E-state index contributed by atoms with van der Waals surface area (Å²) in [5, 5.41) is 9.91. The van der Waals surface area contributed by atoms with Crippen molar-refractivity contribution in [2.75, 3.05) is 13.2 Å². The van der Waals surface area contributed by atoms with Crippen LogP contribution in [0.1, 0.15) is 13.8 Å². The largest absolute Gasteiger partial charge is 0.458 e. The molecular weight excluding hydrogens is 224 g/mol. The van der Waals surface area contributed by atoms with E-state index in [-0.39, 0.29) is 13.2 Å². The Morgan fingerprint density at radius 2 is 2.35 bits per heavy atom. The van der Waals surface area contributed by atoms with Crippen LogP contribution in [0.25, 0.3) is 0 Å². The maximum absolute atomic E-state index is 10.8. The van der Waals surface area contributed by atoms with Crippen LogP contribution >= 0.6 is 0 Å². The van der Waals surface area contributed by atoms with Crippen LogP contribution in [0.3, 0.4) is 0 Å². The minimum Gasteiger partial charge on any atom is -0.458 e. The summed E-state index contributed by atoms with van der Waals surface area (Å²) in [6.07, 6.45) is -0.355. The van der Waals surface area contributed by atoms with E-state index in [0.29, 0.717) is 5.57 Å². The number of carbonyl (C=O) groups excluding carboxylic acids is 1. The van der Waals surface area contributed by atoms with Gasteiger partial charge in [0, 0.05) is 6.08 Å². The fraction of sp³-hybridized carbons (Fsp3) is 0.583. The van der Waals surface area contributed by atoms with Gasteiger partial charge in [-0.1, -0.05) is 13.2 Å². The number of rotatable bonds is 5. The van der Waals surface area contributed by atoms with E-state index in [1.807, 2.05) is 0 Å². The topological polar surface area (TPSA) is 65.0 Å². The van der Waals surface area contributed by atoms with Gasteiger partial charge in [0.25, 0.3) is 0 Å². The molecular formula is C12H18O5. The quantitative estimate of drug-likeness (QED) is 0.438. The highest BCUT2D eigenvalue weighted by molar-refractivity contribution is 5.81. The Morgan fingerprint density at radius 1 is 1.71 bits per heavy atom. The zero-order chi connectivity index (χ0) is 13.1. The van der Waals surface area contributed by atoms with Gasteiger partial charge in [0.1, 0.15) is 18.8 Å². The Labute approximate surface area is 101 Å². The minimum absolute atomic E-state index is 0.0632. The van der Waals surface area contributed by atoms with Crippen LogP contribution in [0.5, 0.6) is 0 Å². The Balaban J connectivity index is 2.42. The van der Waals surface area contributed by atoms with Crippen molar-refractivity contribution < 1.29 is 24.1 Å². The molecule has 1 rings (SSSR count). The van der Waals surface area contributed by atoms with E-state index in [2.05, 4.69) is 13.2 Å². The second-order valence-electron chi connectivity index (χ2n) is 4.28. The number of ether oxygens (including phenoxy) is 3. The van der Waals surface area contributed by atoms with E-state index in [1.54, 1.807) is 13.8 Å². The van der Waals surface area contributed by atoms with Crippen molar-refractivity contribution in [3.63, 3.8) is 0 Å². The Morgan fingerprint density at radius 3 is 2.82 bits per heavy atom. The van der Waals surface area contributed by atoms with Crippen LogP contribution in [-0.2, 0) is 19.0 Å². The van der Waals surface area contributed by atoms with Crippen LogP contribution in [0.15, 0.2) is 24.8 Å². The summed E-state index contributed by atoms with van der Waals surface area (Å²) < 4.78 is 15.6. The second-order valence-corrected chi connectivity index (χ2v) is 4.28. The highest BCUT2D eigenvalue weighted by Gasteiger charge is 2.37. The van der Waals surface area contributed by atoms with E-state index < -0.39 is 24.0 Å². The number of hydrogen-bond donors (Lipinski definition) is 1. The maximum Gasteiger partial charge on any atom is 0.330 e. The van der Waals surface area contributed by atoms with Crippen molar-refractivity contribution in [2.45, 2.75) is 31.8 Å². The van der Waals surface area contributed by atoms with Crippen LogP contribution in [0, 0.1) is 0 Å². The first-order chi connectivity index (χ1) is 7.85. The molecule has 0 aliphatic carbocycles. The van der Waals surface area contributed by atoms with Crippen LogP contribution in [0.2, 0.25) is 0 Å². The molecule has 1 aliphatic rings. The van der Waals surface area contributed by atoms with Crippen molar-refractivity contribution in [2.24, 2.45) is 0 Å². The molecule has 0 aromatic carbocycles. The first-order valence-electron chi connectivity index (χ1n) is 5.32. The lowest BCUT2D eigenvalue weighted by atomic mass is 10.1. The van der Waals surface area contributed by atoms with Crippen molar-refractivity contribution in [3.05, 3.63) is 24.8 Å². The van der Waals surface area contributed by atoms with Gasteiger partial charge in [-0.05, 0) is 19.4 Å². The molecule has 1 fully saturated rings. The number of esters is 1. The highest BCUT2D eigenvalue weighted by Crippen LogP contribution is 2.26. The van der Waals surface area contributed by atoms with Gasteiger partial charge in [-0.15, -0.1) is 0 Å². The maximum atomic E-state index is 10.8. The molecule has 0 spiro atoms. The molecule has 1 saturated heterocycles. The van der Waals surface area contributed by atoms with E-state index in [0.717, 1.165) is 6.08 Å². The lowest BCUT2D eigenvalue weighted by molar-refractivity contribution is -0.149. The third-order valence-electron chi connectivity index (χ3n) is 2.37. The van der Waals surface area contributed by atoms with Gasteiger partial charge in [0.15, 0.2) is 5.79 Å². The lowest BCUT2D eigenvalue weighted by Crippen LogP contribution is -2.33. The minimum atomic E-state index is -0.922. The van der Waals surface area contributed by atoms with E-state index in [1.165, 1.54) is 0 Å². The van der Waals surface area contributed by atoms with Gasteiger partial charge in [0.2, 0.25) is 0 Å². The number of carbonyl (C=O) groups is 1. The van der Waals surface area contributed by atoms with Crippen molar-refractivity contribution in [3.8, 4) is 0 Å². The molecule has 5 nitrogen and oxygen atoms in total. The van der Waals surface area contributed by atoms with Crippen LogP contribution in [0.4, 0.5) is 0 Å². The third kappa shape index (κ3) is 3.96. The Hall–Kier alpha value is -1.17. The molecule has 17 heavy (non-hydrogen) atoms. The summed E-state index contributed by atoms with van der Waals surface area (Å²) in [5.41, 5.74) is 0.367. The Kier molecular flexibility index (Phi) is 4.45. The molecule has 5 heteroatoms. The second kappa shape index (κ2) is 5.44. The SMILES string of the molecule is C=CC(=O)OCC(=C)C(O)[C@H]1COC(C)(C)O1. The van der Waals surface area contributed by atoms with Gasteiger partial charge >= 0.3 is 5.97 Å². The van der Waals surface area contributed by atoms with Crippen LogP contribution < -0.4 is 0 Å². The third-order valence-corrected chi connectivity index (χ3v) is 2.37. The molecule has 2 atom stereocenters. The normalized spacial score (nSPS) is 24.1. The van der Waals surface area contributed by atoms with E-state index in [4.69, 9.17) is 14.2 Å².